The number of fused-ring (bicyclic) bond motifs is 1. The first kappa shape index (κ1) is 21.6. The standard InChI is InChI=1S/C25H27N3O4/c1-4-31-25(30)24-18(3)28(19-7-5-17(2)6-8-19)23-10-9-21(13-22(23)24)32-15-20(29)14-27-12-11-26-16-27/h5-13,16,20,29H,4,14-15H2,1-3H3. The molecule has 0 aliphatic rings. The number of carbonyl (C=O) groups is 1. The second-order valence-electron chi connectivity index (χ2n) is 7.76. The molecule has 4 rings (SSSR count). The number of ether oxygens (including phenoxy) is 2. The van der Waals surface area contributed by atoms with Crippen LogP contribution in [0.5, 0.6) is 5.75 Å². The van der Waals surface area contributed by atoms with Crippen LogP contribution in [0.25, 0.3) is 16.6 Å². The van der Waals surface area contributed by atoms with Crippen molar-refractivity contribution < 1.29 is 19.4 Å². The Kier molecular flexibility index (Phi) is 6.28. The van der Waals surface area contributed by atoms with Gasteiger partial charge in [0.1, 0.15) is 18.5 Å². The minimum Gasteiger partial charge on any atom is -0.491 e. The Morgan fingerprint density at radius 3 is 2.62 bits per heavy atom. The van der Waals surface area contributed by atoms with Crippen molar-refractivity contribution in [2.75, 3.05) is 13.2 Å². The van der Waals surface area contributed by atoms with Crippen LogP contribution in [-0.2, 0) is 11.3 Å². The molecular weight excluding hydrogens is 406 g/mol. The van der Waals surface area contributed by atoms with E-state index in [2.05, 4.69) is 9.55 Å². The van der Waals surface area contributed by atoms with E-state index in [0.29, 0.717) is 24.5 Å². The quantitative estimate of drug-likeness (QED) is 0.424. The molecule has 1 N–H and O–H groups in total. The predicted molar refractivity (Wildman–Crippen MR) is 122 cm³/mol. The molecule has 0 spiro atoms. The maximum atomic E-state index is 12.8. The lowest BCUT2D eigenvalue weighted by atomic mass is 10.1. The van der Waals surface area contributed by atoms with Crippen molar-refractivity contribution in [3.8, 4) is 11.4 Å². The monoisotopic (exact) mass is 433 g/mol. The molecule has 2 aromatic carbocycles. The Labute approximate surface area is 186 Å². The Morgan fingerprint density at radius 2 is 1.94 bits per heavy atom. The van der Waals surface area contributed by atoms with Crippen LogP contribution in [0.2, 0.25) is 0 Å². The highest BCUT2D eigenvalue weighted by molar-refractivity contribution is 6.07. The summed E-state index contributed by atoms with van der Waals surface area (Å²) >= 11 is 0. The van der Waals surface area contributed by atoms with Gasteiger partial charge in [0.25, 0.3) is 0 Å². The fourth-order valence-electron chi connectivity index (χ4n) is 3.86. The Balaban J connectivity index is 1.68. The molecule has 0 aliphatic heterocycles. The third kappa shape index (κ3) is 4.38. The van der Waals surface area contributed by atoms with E-state index in [1.165, 1.54) is 5.56 Å². The highest BCUT2D eigenvalue weighted by Gasteiger charge is 2.22. The molecule has 0 radical (unpaired) electrons. The van der Waals surface area contributed by atoms with Crippen LogP contribution < -0.4 is 4.74 Å². The highest BCUT2D eigenvalue weighted by atomic mass is 16.5. The zero-order valence-electron chi connectivity index (χ0n) is 18.5. The topological polar surface area (TPSA) is 78.5 Å². The number of hydrogen-bond donors (Lipinski definition) is 1. The van der Waals surface area contributed by atoms with E-state index in [-0.39, 0.29) is 12.6 Å². The van der Waals surface area contributed by atoms with E-state index in [0.717, 1.165) is 22.3 Å². The lowest BCUT2D eigenvalue weighted by Crippen LogP contribution is -2.22. The van der Waals surface area contributed by atoms with E-state index in [1.807, 2.05) is 56.3 Å². The van der Waals surface area contributed by atoms with E-state index in [9.17, 15) is 9.90 Å². The van der Waals surface area contributed by atoms with Gasteiger partial charge in [-0.1, -0.05) is 17.7 Å². The smallest absolute Gasteiger partial charge is 0.340 e. The Bertz CT molecular complexity index is 1210. The third-order valence-electron chi connectivity index (χ3n) is 5.37. The largest absolute Gasteiger partial charge is 0.491 e. The molecule has 32 heavy (non-hydrogen) atoms. The second kappa shape index (κ2) is 9.28. The molecule has 0 amide bonds. The van der Waals surface area contributed by atoms with Crippen LogP contribution in [-0.4, -0.2) is 44.5 Å². The van der Waals surface area contributed by atoms with Gasteiger partial charge >= 0.3 is 5.97 Å². The van der Waals surface area contributed by atoms with E-state index in [4.69, 9.17) is 9.47 Å². The van der Waals surface area contributed by atoms with Crippen molar-refractivity contribution >= 4 is 16.9 Å². The first-order chi connectivity index (χ1) is 15.5. The number of aromatic nitrogens is 3. The van der Waals surface area contributed by atoms with Crippen molar-refractivity contribution in [2.45, 2.75) is 33.4 Å². The summed E-state index contributed by atoms with van der Waals surface area (Å²) in [6.07, 6.45) is 4.41. The Morgan fingerprint density at radius 1 is 1.16 bits per heavy atom. The average molecular weight is 434 g/mol. The molecular formula is C25H27N3O4. The van der Waals surface area contributed by atoms with Gasteiger partial charge in [-0.2, -0.15) is 0 Å². The maximum absolute atomic E-state index is 12.8. The number of benzene rings is 2. The van der Waals surface area contributed by atoms with E-state index in [1.54, 1.807) is 30.2 Å². The minimum atomic E-state index is -0.691. The van der Waals surface area contributed by atoms with Gasteiger partial charge in [0.05, 0.1) is 30.6 Å². The van der Waals surface area contributed by atoms with Crippen molar-refractivity contribution in [1.82, 2.24) is 14.1 Å². The first-order valence-corrected chi connectivity index (χ1v) is 10.6. The summed E-state index contributed by atoms with van der Waals surface area (Å²) in [6.45, 7) is 6.56. The van der Waals surface area contributed by atoms with Gasteiger partial charge < -0.3 is 23.7 Å². The minimum absolute atomic E-state index is 0.121. The highest BCUT2D eigenvalue weighted by Crippen LogP contribution is 2.32. The zero-order chi connectivity index (χ0) is 22.7. The molecule has 0 bridgehead atoms. The summed E-state index contributed by atoms with van der Waals surface area (Å²) in [5, 5.41) is 11.0. The third-order valence-corrected chi connectivity index (χ3v) is 5.37. The number of nitrogens with zero attached hydrogens (tertiary/aromatic N) is 3. The summed E-state index contributed by atoms with van der Waals surface area (Å²) in [5.41, 5.74) is 4.35. The number of imidazole rings is 1. The van der Waals surface area contributed by atoms with Gasteiger partial charge in [-0.3, -0.25) is 0 Å². The molecule has 1 atom stereocenters. The van der Waals surface area contributed by atoms with Crippen LogP contribution in [0.4, 0.5) is 0 Å². The van der Waals surface area contributed by atoms with Crippen molar-refractivity contribution in [1.29, 1.82) is 0 Å². The number of carbonyl (C=O) groups excluding carboxylic acids is 1. The van der Waals surface area contributed by atoms with Crippen molar-refractivity contribution in [3.63, 3.8) is 0 Å². The van der Waals surface area contributed by atoms with Gasteiger partial charge in [0, 0.05) is 29.2 Å². The van der Waals surface area contributed by atoms with Gasteiger partial charge in [-0.15, -0.1) is 0 Å². The second-order valence-corrected chi connectivity index (χ2v) is 7.76. The molecule has 0 saturated heterocycles. The normalized spacial score (nSPS) is 12.1. The van der Waals surface area contributed by atoms with Crippen molar-refractivity contribution in [2.24, 2.45) is 0 Å². The van der Waals surface area contributed by atoms with Gasteiger partial charge in [-0.05, 0) is 51.1 Å². The summed E-state index contributed by atoms with van der Waals surface area (Å²) in [6, 6.07) is 13.8. The SMILES string of the molecule is CCOC(=O)c1c(C)n(-c2ccc(C)cc2)c2ccc(OCC(O)Cn3ccnc3)cc12. The van der Waals surface area contributed by atoms with E-state index >= 15 is 0 Å². The summed E-state index contributed by atoms with van der Waals surface area (Å²) in [7, 11) is 0. The predicted octanol–water partition coefficient (Wildman–Crippen LogP) is 4.06. The molecule has 0 saturated carbocycles. The number of aliphatic hydroxyl groups is 1. The van der Waals surface area contributed by atoms with Crippen LogP contribution in [0.1, 0.15) is 28.5 Å². The molecule has 4 aromatic rings. The first-order valence-electron chi connectivity index (χ1n) is 10.6. The number of aliphatic hydroxyl groups excluding tert-OH is 1. The molecule has 7 heteroatoms. The van der Waals surface area contributed by atoms with Gasteiger partial charge in [0.2, 0.25) is 0 Å². The zero-order valence-corrected chi connectivity index (χ0v) is 18.5. The van der Waals surface area contributed by atoms with Crippen LogP contribution in [0.15, 0.2) is 61.2 Å². The van der Waals surface area contributed by atoms with Crippen LogP contribution >= 0.6 is 0 Å². The lowest BCUT2D eigenvalue weighted by molar-refractivity contribution is 0.0527. The molecule has 7 nitrogen and oxygen atoms in total. The molecule has 166 valence electrons. The molecule has 2 aromatic heterocycles. The van der Waals surface area contributed by atoms with Crippen molar-refractivity contribution in [3.05, 3.63) is 78.0 Å². The Hall–Kier alpha value is -3.58. The summed E-state index contributed by atoms with van der Waals surface area (Å²) in [4.78, 5) is 16.8. The molecule has 0 aliphatic carbocycles. The fourth-order valence-corrected chi connectivity index (χ4v) is 3.86. The number of aryl methyl sites for hydroxylation is 1. The summed E-state index contributed by atoms with van der Waals surface area (Å²) < 4.78 is 15.0. The molecule has 1 unspecified atom stereocenters. The van der Waals surface area contributed by atoms with Gasteiger partial charge in [-0.25, -0.2) is 9.78 Å². The lowest BCUT2D eigenvalue weighted by Gasteiger charge is -2.13. The number of esters is 1. The fraction of sp³-hybridized carbons (Fsp3) is 0.280. The maximum Gasteiger partial charge on any atom is 0.340 e. The average Bonchev–Trinajstić information content (AvgIpc) is 3.38. The van der Waals surface area contributed by atoms with Gasteiger partial charge in [0.15, 0.2) is 0 Å². The molecule has 2 heterocycles. The number of hydrogen-bond acceptors (Lipinski definition) is 5. The van der Waals surface area contributed by atoms with Crippen LogP contribution in [0, 0.1) is 13.8 Å². The number of rotatable bonds is 8. The molecule has 0 fully saturated rings. The summed E-state index contributed by atoms with van der Waals surface area (Å²) in [5.74, 6) is 0.215. The van der Waals surface area contributed by atoms with E-state index < -0.39 is 6.10 Å². The van der Waals surface area contributed by atoms with Crippen LogP contribution in [0.3, 0.4) is 0 Å².